The number of cyclic esters (lactones) is 1. The van der Waals surface area contributed by atoms with Crippen LogP contribution in [0.2, 0.25) is 0 Å². The van der Waals surface area contributed by atoms with Crippen LogP contribution >= 0.6 is 0 Å². The second-order valence-electron chi connectivity index (χ2n) is 10.1. The fourth-order valence-corrected chi connectivity index (χ4v) is 4.70. The van der Waals surface area contributed by atoms with Crippen LogP contribution in [-0.2, 0) is 20.7 Å². The van der Waals surface area contributed by atoms with E-state index < -0.39 is 6.04 Å². The minimum Gasteiger partial charge on any atom is -0.491 e. The van der Waals surface area contributed by atoms with Gasteiger partial charge in [0.05, 0.1) is 6.61 Å². The number of unbranched alkanes of at least 4 members (excludes halogenated alkanes) is 4. The number of esters is 1. The summed E-state index contributed by atoms with van der Waals surface area (Å²) in [5.74, 6) is 0.944. The number of nitrogens with zero attached hydrogens (tertiary/aromatic N) is 1. The third-order valence-electron chi connectivity index (χ3n) is 7.08. The molecular weight excluding hydrogens is 442 g/mol. The van der Waals surface area contributed by atoms with Crippen molar-refractivity contribution in [2.45, 2.75) is 109 Å². The van der Waals surface area contributed by atoms with Gasteiger partial charge in [0.25, 0.3) is 0 Å². The Kier molecular flexibility index (Phi) is 13.8. The second kappa shape index (κ2) is 16.6. The Labute approximate surface area is 212 Å². The fourth-order valence-electron chi connectivity index (χ4n) is 4.70. The average Bonchev–Trinajstić information content (AvgIpc) is 2.86. The predicted octanol–water partition coefficient (Wildman–Crippen LogP) is 5.69. The molecule has 35 heavy (non-hydrogen) atoms. The minimum atomic E-state index is -0.646. The molecule has 0 bridgehead atoms. The Morgan fingerprint density at radius 1 is 1.03 bits per heavy atom. The number of carbonyl (C=O) groups excluding carboxylic acids is 2. The van der Waals surface area contributed by atoms with Crippen LogP contribution in [0.3, 0.4) is 0 Å². The molecule has 3 atom stereocenters. The van der Waals surface area contributed by atoms with Crippen LogP contribution in [0.25, 0.3) is 0 Å². The Morgan fingerprint density at radius 3 is 2.49 bits per heavy atom. The van der Waals surface area contributed by atoms with Crippen LogP contribution < -0.4 is 4.74 Å². The van der Waals surface area contributed by atoms with Crippen molar-refractivity contribution in [2.75, 3.05) is 20.3 Å². The highest BCUT2D eigenvalue weighted by atomic mass is 16.5. The number of amides is 1. The van der Waals surface area contributed by atoms with Gasteiger partial charge in [-0.05, 0) is 55.7 Å². The SMILES string of the molecule is CCCCCCCC1CC[C@H](C)CCCCC(=O)N(C)C(Cc2ccc(OCCO)cc2)C(=O)O1. The van der Waals surface area contributed by atoms with E-state index in [1.54, 1.807) is 11.9 Å². The maximum absolute atomic E-state index is 13.4. The van der Waals surface area contributed by atoms with Crippen molar-refractivity contribution < 1.29 is 24.2 Å². The molecule has 1 aliphatic heterocycles. The highest BCUT2D eigenvalue weighted by Crippen LogP contribution is 2.23. The number of hydrogen-bond donors (Lipinski definition) is 1. The minimum absolute atomic E-state index is 0.00198. The summed E-state index contributed by atoms with van der Waals surface area (Å²) in [6.07, 6.45) is 12.5. The number of ether oxygens (including phenoxy) is 2. The fraction of sp³-hybridized carbons (Fsp3) is 0.724. The molecule has 1 fully saturated rings. The van der Waals surface area contributed by atoms with E-state index in [0.29, 0.717) is 24.5 Å². The van der Waals surface area contributed by atoms with Crippen molar-refractivity contribution in [1.82, 2.24) is 4.90 Å². The van der Waals surface area contributed by atoms with Crippen LogP contribution in [0.4, 0.5) is 0 Å². The summed E-state index contributed by atoms with van der Waals surface area (Å²) in [6.45, 7) is 4.68. The first-order chi connectivity index (χ1) is 16.9. The number of aliphatic hydroxyl groups excluding tert-OH is 1. The van der Waals surface area contributed by atoms with E-state index in [0.717, 1.165) is 50.5 Å². The van der Waals surface area contributed by atoms with Crippen LogP contribution in [0.1, 0.15) is 96.5 Å². The summed E-state index contributed by atoms with van der Waals surface area (Å²) >= 11 is 0. The molecule has 1 amide bonds. The summed E-state index contributed by atoms with van der Waals surface area (Å²) in [5, 5.41) is 8.94. The molecule has 2 rings (SSSR count). The van der Waals surface area contributed by atoms with E-state index >= 15 is 0 Å². The lowest BCUT2D eigenvalue weighted by molar-refractivity contribution is -0.159. The zero-order chi connectivity index (χ0) is 25.5. The topological polar surface area (TPSA) is 76.1 Å². The smallest absolute Gasteiger partial charge is 0.329 e. The van der Waals surface area contributed by atoms with Crippen LogP contribution in [0, 0.1) is 5.92 Å². The molecule has 0 aromatic heterocycles. The van der Waals surface area contributed by atoms with Crippen molar-refractivity contribution in [3.63, 3.8) is 0 Å². The molecule has 0 aliphatic carbocycles. The Balaban J connectivity index is 2.14. The van der Waals surface area contributed by atoms with Gasteiger partial charge in [-0.25, -0.2) is 4.79 Å². The van der Waals surface area contributed by atoms with E-state index in [9.17, 15) is 9.59 Å². The quantitative estimate of drug-likeness (QED) is 0.319. The van der Waals surface area contributed by atoms with Gasteiger partial charge in [-0.1, -0.05) is 64.5 Å². The molecule has 2 unspecified atom stereocenters. The molecule has 6 nitrogen and oxygen atoms in total. The molecule has 1 saturated heterocycles. The van der Waals surface area contributed by atoms with E-state index in [1.807, 2.05) is 24.3 Å². The molecule has 1 heterocycles. The van der Waals surface area contributed by atoms with Gasteiger partial charge in [-0.3, -0.25) is 4.79 Å². The third kappa shape index (κ3) is 11.0. The van der Waals surface area contributed by atoms with Gasteiger partial charge in [0.1, 0.15) is 24.5 Å². The Bertz CT molecular complexity index is 735. The Hall–Kier alpha value is -2.08. The summed E-state index contributed by atoms with van der Waals surface area (Å²) in [5.41, 5.74) is 0.942. The van der Waals surface area contributed by atoms with E-state index in [-0.39, 0.29) is 31.2 Å². The summed E-state index contributed by atoms with van der Waals surface area (Å²) in [7, 11) is 1.73. The number of aliphatic hydroxyl groups is 1. The number of carbonyl (C=O) groups is 2. The maximum Gasteiger partial charge on any atom is 0.329 e. The molecular formula is C29H47NO5. The summed E-state index contributed by atoms with van der Waals surface area (Å²) < 4.78 is 11.6. The molecule has 1 aliphatic rings. The molecule has 1 aromatic rings. The van der Waals surface area contributed by atoms with Crippen molar-refractivity contribution in [3.8, 4) is 5.75 Å². The number of rotatable bonds is 11. The number of hydrogen-bond acceptors (Lipinski definition) is 5. The van der Waals surface area contributed by atoms with E-state index in [4.69, 9.17) is 14.6 Å². The zero-order valence-corrected chi connectivity index (χ0v) is 22.2. The van der Waals surface area contributed by atoms with Crippen molar-refractivity contribution in [3.05, 3.63) is 29.8 Å². The molecule has 1 N–H and O–H groups in total. The van der Waals surface area contributed by atoms with Gasteiger partial charge in [0.2, 0.25) is 5.91 Å². The first-order valence-electron chi connectivity index (χ1n) is 13.7. The first kappa shape index (κ1) is 29.2. The second-order valence-corrected chi connectivity index (χ2v) is 10.1. The maximum atomic E-state index is 13.4. The van der Waals surface area contributed by atoms with Gasteiger partial charge in [-0.15, -0.1) is 0 Å². The summed E-state index contributed by atoms with van der Waals surface area (Å²) in [4.78, 5) is 28.0. The van der Waals surface area contributed by atoms with Crippen molar-refractivity contribution in [1.29, 1.82) is 0 Å². The standard InChI is InChI=1S/C29H47NO5/c1-4-5-6-7-8-12-26-17-14-23(2)11-9-10-13-28(32)30(3)27(29(33)35-26)22-24-15-18-25(19-16-24)34-21-20-31/h15-16,18-19,23,26-27,31H,4-14,17,20-22H2,1-3H3/t23-,26?,27?/m1/s1. The lowest BCUT2D eigenvalue weighted by Crippen LogP contribution is -2.45. The van der Waals surface area contributed by atoms with Gasteiger partial charge in [0, 0.05) is 19.9 Å². The molecule has 198 valence electrons. The predicted molar refractivity (Wildman–Crippen MR) is 139 cm³/mol. The van der Waals surface area contributed by atoms with Gasteiger partial charge in [-0.2, -0.15) is 0 Å². The van der Waals surface area contributed by atoms with Crippen LogP contribution in [0.5, 0.6) is 5.75 Å². The van der Waals surface area contributed by atoms with Gasteiger partial charge < -0.3 is 19.5 Å². The number of benzene rings is 1. The molecule has 0 radical (unpaired) electrons. The van der Waals surface area contributed by atoms with Crippen LogP contribution in [-0.4, -0.2) is 54.3 Å². The summed E-state index contributed by atoms with van der Waals surface area (Å²) in [6, 6.07) is 6.84. The van der Waals surface area contributed by atoms with Crippen LogP contribution in [0.15, 0.2) is 24.3 Å². The molecule has 0 spiro atoms. The van der Waals surface area contributed by atoms with Crippen molar-refractivity contribution in [2.24, 2.45) is 5.92 Å². The highest BCUT2D eigenvalue weighted by molar-refractivity contribution is 5.84. The number of likely N-dealkylation sites (N-methyl/N-ethyl adjacent to an activating group) is 1. The monoisotopic (exact) mass is 489 g/mol. The van der Waals surface area contributed by atoms with E-state index in [2.05, 4.69) is 13.8 Å². The van der Waals surface area contributed by atoms with E-state index in [1.165, 1.54) is 25.7 Å². The average molecular weight is 490 g/mol. The van der Waals surface area contributed by atoms with Gasteiger partial charge in [0.15, 0.2) is 0 Å². The highest BCUT2D eigenvalue weighted by Gasteiger charge is 2.30. The van der Waals surface area contributed by atoms with Gasteiger partial charge >= 0.3 is 5.97 Å². The zero-order valence-electron chi connectivity index (χ0n) is 22.2. The third-order valence-corrected chi connectivity index (χ3v) is 7.08. The molecule has 6 heteroatoms. The molecule has 1 aromatic carbocycles. The normalized spacial score (nSPS) is 22.6. The lowest BCUT2D eigenvalue weighted by atomic mass is 9.95. The lowest BCUT2D eigenvalue weighted by Gasteiger charge is -2.29. The first-order valence-corrected chi connectivity index (χ1v) is 13.7. The Morgan fingerprint density at radius 2 is 1.77 bits per heavy atom. The van der Waals surface area contributed by atoms with Crippen molar-refractivity contribution >= 4 is 11.9 Å². The molecule has 0 saturated carbocycles. The largest absolute Gasteiger partial charge is 0.491 e.